The third-order valence-corrected chi connectivity index (χ3v) is 5.95. The van der Waals surface area contributed by atoms with Gasteiger partial charge < -0.3 is 9.72 Å². The molecule has 1 aromatic heterocycles. The number of fused-ring (bicyclic) bond motifs is 1. The van der Waals surface area contributed by atoms with Crippen molar-refractivity contribution in [1.82, 2.24) is 9.97 Å². The van der Waals surface area contributed by atoms with Gasteiger partial charge in [0.2, 0.25) is 5.95 Å². The van der Waals surface area contributed by atoms with Gasteiger partial charge in [-0.1, -0.05) is 35.9 Å². The number of anilines is 1. The van der Waals surface area contributed by atoms with E-state index in [4.69, 9.17) is 16.3 Å². The van der Waals surface area contributed by atoms with Gasteiger partial charge in [-0.3, -0.25) is 0 Å². The number of hydrogen-bond acceptors (Lipinski definition) is 4. The number of ether oxygens (including phenoxy) is 1. The summed E-state index contributed by atoms with van der Waals surface area (Å²) in [4.78, 5) is 7.62. The fraction of sp³-hybridized carbons (Fsp3) is 0.0476. The number of hydrazone groups is 1. The number of halogens is 3. The molecule has 0 saturated heterocycles. The van der Waals surface area contributed by atoms with Crippen LogP contribution in [0.3, 0.4) is 0 Å². The van der Waals surface area contributed by atoms with Gasteiger partial charge in [-0.05, 0) is 92.7 Å². The average Bonchev–Trinajstić information content (AvgIpc) is 3.11. The van der Waals surface area contributed by atoms with Gasteiger partial charge in [-0.2, -0.15) is 5.10 Å². The molecular formula is C21H15ClI2N4O. The Kier molecular flexibility index (Phi) is 6.56. The van der Waals surface area contributed by atoms with Gasteiger partial charge in [0.25, 0.3) is 0 Å². The molecule has 0 aliphatic rings. The highest BCUT2D eigenvalue weighted by Crippen LogP contribution is 2.29. The number of hydrogen-bond donors (Lipinski definition) is 2. The average molecular weight is 629 g/mol. The zero-order valence-electron chi connectivity index (χ0n) is 15.0. The number of nitrogens with zero attached hydrogens (tertiary/aromatic N) is 2. The molecule has 0 bridgehead atoms. The summed E-state index contributed by atoms with van der Waals surface area (Å²) in [5.74, 6) is 1.47. The summed E-state index contributed by atoms with van der Waals surface area (Å²) in [6, 6.07) is 19.6. The molecule has 0 spiro atoms. The monoisotopic (exact) mass is 628 g/mol. The lowest BCUT2D eigenvalue weighted by Gasteiger charge is -2.11. The first-order chi connectivity index (χ1) is 14.1. The van der Waals surface area contributed by atoms with Gasteiger partial charge >= 0.3 is 0 Å². The van der Waals surface area contributed by atoms with E-state index in [1.54, 1.807) is 6.21 Å². The Balaban J connectivity index is 1.43. The van der Waals surface area contributed by atoms with Crippen LogP contribution in [0.1, 0.15) is 11.1 Å². The summed E-state index contributed by atoms with van der Waals surface area (Å²) >= 11 is 10.5. The van der Waals surface area contributed by atoms with Gasteiger partial charge in [-0.15, -0.1) is 0 Å². The molecule has 5 nitrogen and oxygen atoms in total. The molecule has 0 saturated carbocycles. The zero-order chi connectivity index (χ0) is 20.2. The van der Waals surface area contributed by atoms with E-state index in [9.17, 15) is 0 Å². The maximum Gasteiger partial charge on any atom is 0.222 e. The fourth-order valence-electron chi connectivity index (χ4n) is 2.70. The molecule has 0 aliphatic heterocycles. The topological polar surface area (TPSA) is 62.3 Å². The minimum atomic E-state index is 0.490. The minimum Gasteiger partial charge on any atom is -0.487 e. The first-order valence-electron chi connectivity index (χ1n) is 8.68. The summed E-state index contributed by atoms with van der Waals surface area (Å²) in [6.45, 7) is 0.490. The van der Waals surface area contributed by atoms with Crippen molar-refractivity contribution < 1.29 is 4.74 Å². The summed E-state index contributed by atoms with van der Waals surface area (Å²) in [6.07, 6.45) is 1.76. The van der Waals surface area contributed by atoms with Crippen LogP contribution < -0.4 is 10.2 Å². The fourth-order valence-corrected chi connectivity index (χ4v) is 4.96. The molecule has 0 unspecified atom stereocenters. The lowest BCUT2D eigenvalue weighted by Crippen LogP contribution is -2.00. The molecule has 0 aliphatic carbocycles. The van der Waals surface area contributed by atoms with E-state index in [-0.39, 0.29) is 0 Å². The van der Waals surface area contributed by atoms with Crippen LogP contribution in [-0.4, -0.2) is 16.2 Å². The molecule has 0 atom stereocenters. The molecule has 0 fully saturated rings. The molecule has 3 aromatic carbocycles. The van der Waals surface area contributed by atoms with Crippen LogP contribution in [0.5, 0.6) is 5.75 Å². The predicted octanol–water partition coefficient (Wildman–Crippen LogP) is 6.45. The lowest BCUT2D eigenvalue weighted by molar-refractivity contribution is 0.302. The van der Waals surface area contributed by atoms with E-state index in [1.807, 2.05) is 60.7 Å². The second-order valence-electron chi connectivity index (χ2n) is 6.20. The summed E-state index contributed by atoms with van der Waals surface area (Å²) in [5.41, 5.74) is 6.86. The third kappa shape index (κ3) is 5.20. The quantitative estimate of drug-likeness (QED) is 0.147. The number of aromatic nitrogens is 2. The van der Waals surface area contributed by atoms with Crippen molar-refractivity contribution in [1.29, 1.82) is 0 Å². The van der Waals surface area contributed by atoms with Crippen LogP contribution in [-0.2, 0) is 6.61 Å². The number of H-pyrrole nitrogens is 1. The van der Waals surface area contributed by atoms with Crippen molar-refractivity contribution >= 4 is 80.0 Å². The van der Waals surface area contributed by atoms with E-state index >= 15 is 0 Å². The summed E-state index contributed by atoms with van der Waals surface area (Å²) < 4.78 is 8.07. The summed E-state index contributed by atoms with van der Waals surface area (Å²) in [5, 5.41) is 5.01. The highest BCUT2D eigenvalue weighted by Gasteiger charge is 2.09. The smallest absolute Gasteiger partial charge is 0.222 e. The Bertz CT molecular complexity index is 1120. The normalized spacial score (nSPS) is 11.3. The number of para-hydroxylation sites is 2. The number of imidazole rings is 1. The largest absolute Gasteiger partial charge is 0.487 e. The third-order valence-electron chi connectivity index (χ3n) is 4.09. The van der Waals surface area contributed by atoms with Crippen molar-refractivity contribution in [3.05, 3.63) is 84.0 Å². The Hall–Kier alpha value is -1.85. The van der Waals surface area contributed by atoms with Crippen LogP contribution in [0.4, 0.5) is 5.95 Å². The minimum absolute atomic E-state index is 0.490. The van der Waals surface area contributed by atoms with E-state index in [2.05, 4.69) is 65.7 Å². The maximum atomic E-state index is 6.02. The van der Waals surface area contributed by atoms with Gasteiger partial charge in [0, 0.05) is 5.02 Å². The van der Waals surface area contributed by atoms with Crippen LogP contribution >= 0.6 is 56.8 Å². The Morgan fingerprint density at radius 2 is 1.79 bits per heavy atom. The number of aromatic amines is 1. The van der Waals surface area contributed by atoms with E-state index in [0.717, 1.165) is 40.1 Å². The van der Waals surface area contributed by atoms with Crippen molar-refractivity contribution in [2.24, 2.45) is 5.10 Å². The van der Waals surface area contributed by atoms with Crippen LogP contribution in [0, 0.1) is 7.14 Å². The van der Waals surface area contributed by atoms with Crippen LogP contribution in [0.2, 0.25) is 5.02 Å². The van der Waals surface area contributed by atoms with Crippen LogP contribution in [0.15, 0.2) is 65.8 Å². The molecule has 8 heteroatoms. The van der Waals surface area contributed by atoms with Crippen molar-refractivity contribution in [2.75, 3.05) is 5.43 Å². The number of rotatable bonds is 6. The Morgan fingerprint density at radius 3 is 2.52 bits per heavy atom. The molecule has 0 amide bonds. The van der Waals surface area contributed by atoms with Gasteiger partial charge in [0.1, 0.15) is 12.4 Å². The first kappa shape index (κ1) is 20.4. The molecule has 146 valence electrons. The molecule has 1 heterocycles. The van der Waals surface area contributed by atoms with Crippen molar-refractivity contribution in [3.63, 3.8) is 0 Å². The zero-order valence-corrected chi connectivity index (χ0v) is 20.1. The number of benzene rings is 3. The first-order valence-corrected chi connectivity index (χ1v) is 11.2. The Morgan fingerprint density at radius 1 is 1.07 bits per heavy atom. The van der Waals surface area contributed by atoms with Crippen LogP contribution in [0.25, 0.3) is 11.0 Å². The van der Waals surface area contributed by atoms with Crippen molar-refractivity contribution in [2.45, 2.75) is 6.61 Å². The molecule has 4 aromatic rings. The molecule has 29 heavy (non-hydrogen) atoms. The molecule has 2 N–H and O–H groups in total. The maximum absolute atomic E-state index is 6.02. The SMILES string of the molecule is Clc1ccc(COc2c(I)cc(/C=N/Nc3nc4ccccc4[nH]3)cc2I)cc1. The van der Waals surface area contributed by atoms with Crippen molar-refractivity contribution in [3.8, 4) is 5.75 Å². The Labute approximate surface area is 200 Å². The molecular weight excluding hydrogens is 614 g/mol. The number of nitrogens with one attached hydrogen (secondary N) is 2. The van der Waals surface area contributed by atoms with Gasteiger partial charge in [-0.25, -0.2) is 10.4 Å². The highest BCUT2D eigenvalue weighted by atomic mass is 127. The molecule has 0 radical (unpaired) electrons. The van der Waals surface area contributed by atoms with Gasteiger partial charge in [0.15, 0.2) is 0 Å². The molecule has 4 rings (SSSR count). The second kappa shape index (κ2) is 9.31. The lowest BCUT2D eigenvalue weighted by atomic mass is 10.2. The highest BCUT2D eigenvalue weighted by molar-refractivity contribution is 14.1. The van der Waals surface area contributed by atoms with E-state index in [1.165, 1.54) is 0 Å². The van der Waals surface area contributed by atoms with Gasteiger partial charge in [0.05, 0.1) is 24.4 Å². The van der Waals surface area contributed by atoms with E-state index in [0.29, 0.717) is 12.6 Å². The van der Waals surface area contributed by atoms with E-state index < -0.39 is 0 Å². The summed E-state index contributed by atoms with van der Waals surface area (Å²) in [7, 11) is 0. The second-order valence-corrected chi connectivity index (χ2v) is 8.96. The predicted molar refractivity (Wildman–Crippen MR) is 135 cm³/mol. The standard InChI is InChI=1S/C21H15ClI2N4O/c22-15-7-5-13(6-8-15)12-29-20-16(23)9-14(10-17(20)24)11-25-28-21-26-18-3-1-2-4-19(18)27-21/h1-11H,12H2,(H2,26,27,28)/b25-11+.